The first-order chi connectivity index (χ1) is 17.9. The van der Waals surface area contributed by atoms with E-state index in [0.29, 0.717) is 29.0 Å². The lowest BCUT2D eigenvalue weighted by Crippen LogP contribution is -2.07. The number of anilines is 5. The van der Waals surface area contributed by atoms with Crippen LogP contribution in [-0.2, 0) is 4.79 Å². The van der Waals surface area contributed by atoms with E-state index in [1.54, 1.807) is 32.4 Å². The van der Waals surface area contributed by atoms with Crippen molar-refractivity contribution in [1.29, 1.82) is 0 Å². The van der Waals surface area contributed by atoms with Gasteiger partial charge in [-0.2, -0.15) is 4.98 Å². The van der Waals surface area contributed by atoms with Crippen molar-refractivity contribution in [3.63, 3.8) is 0 Å². The van der Waals surface area contributed by atoms with Crippen LogP contribution in [0.5, 0.6) is 11.5 Å². The fourth-order valence-electron chi connectivity index (χ4n) is 3.55. The van der Waals surface area contributed by atoms with Crippen LogP contribution in [0.2, 0.25) is 0 Å². The number of nitrogens with one attached hydrogen (secondary N) is 3. The standard InChI is InChI=1S/C29H29N5O3/c1-19-5-9-24(10-6-19)33-29-30-20(2)17-27(34-29)31-22-11-13-23(14-12-22)32-28(35)16-8-21-7-15-25(36-3)26(18-21)37-4/h5-18H,1-4H3,(H,32,35)(H2,30,31,33,34)/b16-8+. The van der Waals surface area contributed by atoms with E-state index in [1.807, 2.05) is 74.5 Å². The van der Waals surface area contributed by atoms with Gasteiger partial charge in [0.2, 0.25) is 11.9 Å². The first kappa shape index (κ1) is 25.2. The molecule has 0 aliphatic rings. The number of aryl methyl sites for hydroxylation is 2. The van der Waals surface area contributed by atoms with Gasteiger partial charge in [-0.15, -0.1) is 0 Å². The number of methoxy groups -OCH3 is 2. The van der Waals surface area contributed by atoms with E-state index in [1.165, 1.54) is 11.6 Å². The number of nitrogens with zero attached hydrogens (tertiary/aromatic N) is 2. The maximum absolute atomic E-state index is 12.4. The highest BCUT2D eigenvalue weighted by Gasteiger charge is 2.06. The molecule has 37 heavy (non-hydrogen) atoms. The van der Waals surface area contributed by atoms with Gasteiger partial charge in [0.25, 0.3) is 0 Å². The predicted molar refractivity (Wildman–Crippen MR) is 148 cm³/mol. The first-order valence-electron chi connectivity index (χ1n) is 11.7. The summed E-state index contributed by atoms with van der Waals surface area (Å²) in [7, 11) is 3.15. The molecule has 4 aromatic rings. The van der Waals surface area contributed by atoms with Crippen molar-refractivity contribution in [1.82, 2.24) is 9.97 Å². The lowest BCUT2D eigenvalue weighted by molar-refractivity contribution is -0.111. The molecule has 3 N–H and O–H groups in total. The second kappa shape index (κ2) is 11.7. The van der Waals surface area contributed by atoms with Crippen molar-refractivity contribution < 1.29 is 14.3 Å². The van der Waals surface area contributed by atoms with Crippen LogP contribution in [0.1, 0.15) is 16.8 Å². The van der Waals surface area contributed by atoms with Crippen LogP contribution in [0.15, 0.2) is 78.9 Å². The number of amides is 1. The number of hydrogen-bond donors (Lipinski definition) is 3. The van der Waals surface area contributed by atoms with Crippen LogP contribution < -0.4 is 25.4 Å². The van der Waals surface area contributed by atoms with Gasteiger partial charge in [0.1, 0.15) is 5.82 Å². The highest BCUT2D eigenvalue weighted by molar-refractivity contribution is 6.02. The molecule has 1 heterocycles. The lowest BCUT2D eigenvalue weighted by Gasteiger charge is -2.11. The number of carbonyl (C=O) groups is 1. The zero-order valence-electron chi connectivity index (χ0n) is 21.2. The molecule has 1 aromatic heterocycles. The zero-order valence-corrected chi connectivity index (χ0v) is 21.2. The van der Waals surface area contributed by atoms with E-state index in [4.69, 9.17) is 9.47 Å². The van der Waals surface area contributed by atoms with Gasteiger partial charge in [-0.25, -0.2) is 4.98 Å². The van der Waals surface area contributed by atoms with E-state index in [9.17, 15) is 4.79 Å². The Kier molecular flexibility index (Phi) is 8.00. The molecule has 0 saturated heterocycles. The average Bonchev–Trinajstić information content (AvgIpc) is 2.89. The molecule has 0 atom stereocenters. The third-order valence-electron chi connectivity index (χ3n) is 5.42. The van der Waals surface area contributed by atoms with Crippen molar-refractivity contribution in [2.45, 2.75) is 13.8 Å². The molecule has 1 amide bonds. The van der Waals surface area contributed by atoms with Gasteiger partial charge in [-0.1, -0.05) is 23.8 Å². The largest absolute Gasteiger partial charge is 0.493 e. The number of benzene rings is 3. The number of aromatic nitrogens is 2. The van der Waals surface area contributed by atoms with Gasteiger partial charge < -0.3 is 25.4 Å². The molecule has 0 fully saturated rings. The fourth-order valence-corrected chi connectivity index (χ4v) is 3.55. The summed E-state index contributed by atoms with van der Waals surface area (Å²) in [6.07, 6.45) is 3.19. The van der Waals surface area contributed by atoms with E-state index in [-0.39, 0.29) is 5.91 Å². The van der Waals surface area contributed by atoms with Crippen LogP contribution in [0.3, 0.4) is 0 Å². The summed E-state index contributed by atoms with van der Waals surface area (Å²) in [6, 6.07) is 22.8. The van der Waals surface area contributed by atoms with Gasteiger partial charge in [0.15, 0.2) is 11.5 Å². The highest BCUT2D eigenvalue weighted by atomic mass is 16.5. The van der Waals surface area contributed by atoms with Gasteiger partial charge in [0.05, 0.1) is 14.2 Å². The van der Waals surface area contributed by atoms with Crippen molar-refractivity contribution in [2.75, 3.05) is 30.2 Å². The normalized spacial score (nSPS) is 10.7. The topological polar surface area (TPSA) is 97.4 Å². The summed E-state index contributed by atoms with van der Waals surface area (Å²) in [4.78, 5) is 21.4. The predicted octanol–water partition coefficient (Wildman–Crippen LogP) is 6.25. The monoisotopic (exact) mass is 495 g/mol. The fraction of sp³-hybridized carbons (Fsp3) is 0.138. The Morgan fingerprint density at radius 1 is 0.757 bits per heavy atom. The molecule has 0 bridgehead atoms. The minimum absolute atomic E-state index is 0.242. The number of carbonyl (C=O) groups excluding carboxylic acids is 1. The summed E-state index contributed by atoms with van der Waals surface area (Å²) in [5.74, 6) is 2.17. The maximum atomic E-state index is 12.4. The van der Waals surface area contributed by atoms with Crippen LogP contribution in [0, 0.1) is 13.8 Å². The smallest absolute Gasteiger partial charge is 0.248 e. The minimum atomic E-state index is -0.242. The van der Waals surface area contributed by atoms with Gasteiger partial charge in [-0.05, 0) is 74.0 Å². The van der Waals surface area contributed by atoms with Crippen molar-refractivity contribution in [2.24, 2.45) is 0 Å². The van der Waals surface area contributed by atoms with Gasteiger partial charge >= 0.3 is 0 Å². The molecule has 4 rings (SSSR count). The van der Waals surface area contributed by atoms with Crippen LogP contribution in [0.25, 0.3) is 6.08 Å². The average molecular weight is 496 g/mol. The quantitative estimate of drug-likeness (QED) is 0.236. The van der Waals surface area contributed by atoms with E-state index in [2.05, 4.69) is 25.9 Å². The molecule has 3 aromatic carbocycles. The third-order valence-corrected chi connectivity index (χ3v) is 5.42. The van der Waals surface area contributed by atoms with E-state index in [0.717, 1.165) is 22.6 Å². The third kappa shape index (κ3) is 7.08. The Morgan fingerprint density at radius 2 is 1.41 bits per heavy atom. The molecule has 0 spiro atoms. The molecule has 0 aliphatic carbocycles. The molecule has 8 nitrogen and oxygen atoms in total. The summed E-state index contributed by atoms with van der Waals surface area (Å²) >= 11 is 0. The number of rotatable bonds is 9. The van der Waals surface area contributed by atoms with E-state index >= 15 is 0 Å². The van der Waals surface area contributed by atoms with Crippen molar-refractivity contribution in [3.05, 3.63) is 95.7 Å². The highest BCUT2D eigenvalue weighted by Crippen LogP contribution is 2.28. The minimum Gasteiger partial charge on any atom is -0.493 e. The lowest BCUT2D eigenvalue weighted by atomic mass is 10.2. The van der Waals surface area contributed by atoms with Gasteiger partial charge in [-0.3, -0.25) is 4.79 Å². The van der Waals surface area contributed by atoms with Crippen LogP contribution in [0.4, 0.5) is 28.8 Å². The summed E-state index contributed by atoms with van der Waals surface area (Å²) in [6.45, 7) is 3.96. The Labute approximate surface area is 216 Å². The van der Waals surface area contributed by atoms with Crippen LogP contribution >= 0.6 is 0 Å². The molecule has 8 heteroatoms. The number of ether oxygens (including phenoxy) is 2. The summed E-state index contributed by atoms with van der Waals surface area (Å²) in [5.41, 5.74) is 5.27. The second-order valence-corrected chi connectivity index (χ2v) is 8.35. The molecule has 188 valence electrons. The summed E-state index contributed by atoms with van der Waals surface area (Å²) in [5, 5.41) is 9.38. The van der Waals surface area contributed by atoms with E-state index < -0.39 is 0 Å². The number of hydrogen-bond acceptors (Lipinski definition) is 7. The Morgan fingerprint density at radius 3 is 2.11 bits per heavy atom. The first-order valence-corrected chi connectivity index (χ1v) is 11.7. The second-order valence-electron chi connectivity index (χ2n) is 8.35. The molecular weight excluding hydrogens is 466 g/mol. The SMILES string of the molecule is COc1ccc(/C=C/C(=O)Nc2ccc(Nc3cc(C)nc(Nc4ccc(C)cc4)n3)cc2)cc1OC. The molecule has 0 aliphatic heterocycles. The molecule has 0 unspecified atom stereocenters. The summed E-state index contributed by atoms with van der Waals surface area (Å²) < 4.78 is 10.5. The Bertz CT molecular complexity index is 1400. The maximum Gasteiger partial charge on any atom is 0.248 e. The van der Waals surface area contributed by atoms with Crippen molar-refractivity contribution >= 4 is 40.8 Å². The van der Waals surface area contributed by atoms with Crippen molar-refractivity contribution in [3.8, 4) is 11.5 Å². The zero-order chi connectivity index (χ0) is 26.2. The molecule has 0 radical (unpaired) electrons. The van der Waals surface area contributed by atoms with Crippen LogP contribution in [-0.4, -0.2) is 30.1 Å². The molecular formula is C29H29N5O3. The van der Waals surface area contributed by atoms with Gasteiger partial charge in [0, 0.05) is 34.9 Å². The Hall–Kier alpha value is -4.85. The Balaban J connectivity index is 1.37. The molecule has 0 saturated carbocycles.